The number of nitrogens with zero attached hydrogens (tertiary/aromatic N) is 6. The van der Waals surface area contributed by atoms with Gasteiger partial charge in [0.05, 0.1) is 42.9 Å². The molecule has 1 aliphatic heterocycles. The van der Waals surface area contributed by atoms with E-state index < -0.39 is 6.09 Å². The summed E-state index contributed by atoms with van der Waals surface area (Å²) in [6.07, 6.45) is 6.58. The van der Waals surface area contributed by atoms with Gasteiger partial charge in [-0.05, 0) is 43.0 Å². The van der Waals surface area contributed by atoms with Crippen molar-refractivity contribution < 1.29 is 14.6 Å². The standard InChI is InChI=1S/C30H34N8O3/c1-2-25-26(35-30(40)41-14-6-12-36-13-11-24(39)18-36)19-38-28(25)29(31-20-33-38)34-23-9-10-27-22(15-23)16-32-37(27)17-21-7-4-3-5-8-21/h3-5,7-10,15-16,19-20,24,39H,2,6,11-14,17-18H2,1H3,(H,35,40)(H,31,33,34)/t24-/m1/s1. The number of fused-ring (bicyclic) bond motifs is 2. The Hall–Kier alpha value is -4.48. The molecular formula is C30H34N8O3. The number of ether oxygens (including phenoxy) is 1. The summed E-state index contributed by atoms with van der Waals surface area (Å²) in [5.74, 6) is 0.641. The molecule has 1 fully saturated rings. The molecule has 0 radical (unpaired) electrons. The molecule has 0 spiro atoms. The van der Waals surface area contributed by atoms with Crippen molar-refractivity contribution in [1.29, 1.82) is 0 Å². The van der Waals surface area contributed by atoms with Crippen molar-refractivity contribution in [3.8, 4) is 0 Å². The molecule has 1 saturated heterocycles. The van der Waals surface area contributed by atoms with Crippen LogP contribution >= 0.6 is 0 Å². The summed E-state index contributed by atoms with van der Waals surface area (Å²) in [5, 5.41) is 26.0. The van der Waals surface area contributed by atoms with Crippen LogP contribution in [0.3, 0.4) is 0 Å². The van der Waals surface area contributed by atoms with Crippen LogP contribution in [-0.4, -0.2) is 72.8 Å². The van der Waals surface area contributed by atoms with Crippen LogP contribution in [0, 0.1) is 0 Å². The first-order chi connectivity index (χ1) is 20.1. The number of aryl methyl sites for hydroxylation is 1. The topological polar surface area (TPSA) is 122 Å². The fourth-order valence-corrected chi connectivity index (χ4v) is 5.43. The molecule has 11 heteroatoms. The second-order valence-electron chi connectivity index (χ2n) is 10.3. The minimum atomic E-state index is -0.502. The molecule has 11 nitrogen and oxygen atoms in total. The van der Waals surface area contributed by atoms with Crippen molar-refractivity contribution in [1.82, 2.24) is 29.3 Å². The Balaban J connectivity index is 1.14. The number of β-amino-alcohol motifs (C(OH)–C–C–N with tert-alkyl or cyclic N) is 1. The van der Waals surface area contributed by atoms with Gasteiger partial charge in [0.25, 0.3) is 0 Å². The lowest BCUT2D eigenvalue weighted by atomic mass is 10.2. The van der Waals surface area contributed by atoms with Gasteiger partial charge in [-0.3, -0.25) is 10.00 Å². The van der Waals surface area contributed by atoms with Gasteiger partial charge >= 0.3 is 6.09 Å². The second kappa shape index (κ2) is 11.9. The minimum absolute atomic E-state index is 0.245. The molecule has 3 aromatic heterocycles. The Bertz CT molecular complexity index is 1650. The van der Waals surface area contributed by atoms with Crippen molar-refractivity contribution >= 4 is 39.7 Å². The zero-order valence-electron chi connectivity index (χ0n) is 23.0. The highest BCUT2D eigenvalue weighted by atomic mass is 16.5. The molecule has 212 valence electrons. The zero-order valence-corrected chi connectivity index (χ0v) is 23.0. The maximum Gasteiger partial charge on any atom is 0.411 e. The Morgan fingerprint density at radius 3 is 2.85 bits per heavy atom. The average molecular weight is 555 g/mol. The van der Waals surface area contributed by atoms with Crippen molar-refractivity contribution in [3.63, 3.8) is 0 Å². The van der Waals surface area contributed by atoms with Gasteiger partial charge in [0, 0.05) is 36.3 Å². The summed E-state index contributed by atoms with van der Waals surface area (Å²) >= 11 is 0. The van der Waals surface area contributed by atoms with E-state index in [0.29, 0.717) is 44.0 Å². The van der Waals surface area contributed by atoms with Crippen LogP contribution in [0.4, 0.5) is 22.0 Å². The van der Waals surface area contributed by atoms with E-state index in [-0.39, 0.29) is 6.10 Å². The van der Waals surface area contributed by atoms with Crippen LogP contribution in [0.25, 0.3) is 16.4 Å². The van der Waals surface area contributed by atoms with Crippen molar-refractivity contribution in [2.45, 2.75) is 38.8 Å². The van der Waals surface area contributed by atoms with E-state index in [2.05, 4.69) is 55.0 Å². The first-order valence-corrected chi connectivity index (χ1v) is 14.0. The molecule has 1 atom stereocenters. The number of amides is 1. The summed E-state index contributed by atoms with van der Waals surface area (Å²) < 4.78 is 9.14. The fourth-order valence-electron chi connectivity index (χ4n) is 5.43. The molecular weight excluding hydrogens is 520 g/mol. The smallest absolute Gasteiger partial charge is 0.411 e. The summed E-state index contributed by atoms with van der Waals surface area (Å²) in [6, 6.07) is 16.4. The lowest BCUT2D eigenvalue weighted by molar-refractivity contribution is 0.149. The first-order valence-electron chi connectivity index (χ1n) is 14.0. The van der Waals surface area contributed by atoms with E-state index in [1.54, 1.807) is 10.7 Å². The van der Waals surface area contributed by atoms with Gasteiger partial charge in [-0.25, -0.2) is 14.3 Å². The SMILES string of the molecule is CCc1c(NC(=O)OCCCN2CC[C@@H](O)C2)cn2ncnc(Nc3ccc4c(cnn4Cc4ccccc4)c3)c12. The molecule has 0 unspecified atom stereocenters. The Morgan fingerprint density at radius 1 is 1.17 bits per heavy atom. The number of nitrogens with one attached hydrogen (secondary N) is 2. The zero-order chi connectivity index (χ0) is 28.2. The molecule has 6 rings (SSSR count). The van der Waals surface area contributed by atoms with Crippen LogP contribution in [-0.2, 0) is 17.7 Å². The van der Waals surface area contributed by atoms with Crippen LogP contribution in [0.5, 0.6) is 0 Å². The molecule has 5 aromatic rings. The number of likely N-dealkylation sites (tertiary alicyclic amines) is 1. The van der Waals surface area contributed by atoms with Crippen molar-refractivity contribution in [2.24, 2.45) is 0 Å². The largest absolute Gasteiger partial charge is 0.449 e. The molecule has 0 aliphatic carbocycles. The van der Waals surface area contributed by atoms with Gasteiger partial charge in [0.2, 0.25) is 0 Å². The number of hydrogen-bond acceptors (Lipinski definition) is 8. The quantitative estimate of drug-likeness (QED) is 0.217. The second-order valence-corrected chi connectivity index (χ2v) is 10.3. The molecule has 2 aromatic carbocycles. The predicted octanol–water partition coefficient (Wildman–Crippen LogP) is 4.44. The van der Waals surface area contributed by atoms with Gasteiger partial charge in [-0.2, -0.15) is 10.2 Å². The number of hydrogen-bond donors (Lipinski definition) is 3. The summed E-state index contributed by atoms with van der Waals surface area (Å²) in [7, 11) is 0. The van der Waals surface area contributed by atoms with Gasteiger partial charge in [0.15, 0.2) is 5.82 Å². The number of aromatic nitrogens is 5. The van der Waals surface area contributed by atoms with Crippen LogP contribution in [0.1, 0.15) is 30.9 Å². The number of rotatable bonds is 10. The maximum absolute atomic E-state index is 12.6. The van der Waals surface area contributed by atoms with Crippen LogP contribution < -0.4 is 10.6 Å². The molecule has 4 heterocycles. The molecule has 1 amide bonds. The van der Waals surface area contributed by atoms with E-state index in [1.165, 1.54) is 11.9 Å². The third-order valence-electron chi connectivity index (χ3n) is 7.45. The lowest BCUT2D eigenvalue weighted by Crippen LogP contribution is -2.25. The Kier molecular flexibility index (Phi) is 7.79. The Labute approximate surface area is 237 Å². The predicted molar refractivity (Wildman–Crippen MR) is 158 cm³/mol. The highest BCUT2D eigenvalue weighted by Gasteiger charge is 2.20. The number of carbonyl (C=O) groups excluding carboxylic acids is 1. The van der Waals surface area contributed by atoms with E-state index >= 15 is 0 Å². The highest BCUT2D eigenvalue weighted by Crippen LogP contribution is 2.30. The Morgan fingerprint density at radius 2 is 2.05 bits per heavy atom. The van der Waals surface area contributed by atoms with E-state index in [4.69, 9.17) is 4.74 Å². The number of aliphatic hydroxyl groups excluding tert-OH is 1. The summed E-state index contributed by atoms with van der Waals surface area (Å²) in [4.78, 5) is 19.3. The van der Waals surface area contributed by atoms with Crippen LogP contribution in [0.2, 0.25) is 0 Å². The van der Waals surface area contributed by atoms with Gasteiger partial charge in [-0.15, -0.1) is 0 Å². The number of aliphatic hydroxyl groups is 1. The van der Waals surface area contributed by atoms with E-state index in [0.717, 1.165) is 47.2 Å². The highest BCUT2D eigenvalue weighted by molar-refractivity contribution is 5.91. The van der Waals surface area contributed by atoms with Crippen LogP contribution in [0.15, 0.2) is 67.3 Å². The van der Waals surface area contributed by atoms with Crippen molar-refractivity contribution in [3.05, 3.63) is 78.4 Å². The molecule has 3 N–H and O–H groups in total. The molecule has 0 saturated carbocycles. The minimum Gasteiger partial charge on any atom is -0.449 e. The first kappa shape index (κ1) is 26.7. The lowest BCUT2D eigenvalue weighted by Gasteiger charge is -2.14. The van der Waals surface area contributed by atoms with Gasteiger partial charge in [-0.1, -0.05) is 37.3 Å². The summed E-state index contributed by atoms with van der Waals surface area (Å²) in [5.41, 5.74) is 5.46. The molecule has 41 heavy (non-hydrogen) atoms. The molecule has 1 aliphatic rings. The monoisotopic (exact) mass is 554 g/mol. The third-order valence-corrected chi connectivity index (χ3v) is 7.45. The van der Waals surface area contributed by atoms with Gasteiger partial charge < -0.3 is 20.1 Å². The fraction of sp³-hybridized carbons (Fsp3) is 0.333. The van der Waals surface area contributed by atoms with E-state index in [9.17, 15) is 9.90 Å². The number of anilines is 3. The molecule has 0 bridgehead atoms. The number of benzene rings is 2. The maximum atomic E-state index is 12.6. The summed E-state index contributed by atoms with van der Waals surface area (Å²) in [6.45, 7) is 5.41. The van der Waals surface area contributed by atoms with Crippen molar-refractivity contribution in [2.75, 3.05) is 36.9 Å². The van der Waals surface area contributed by atoms with E-state index in [1.807, 2.05) is 42.1 Å². The average Bonchev–Trinajstić information content (AvgIpc) is 3.68. The normalized spacial score (nSPS) is 15.5. The number of carbonyl (C=O) groups is 1. The van der Waals surface area contributed by atoms with Gasteiger partial charge in [0.1, 0.15) is 11.8 Å². The third kappa shape index (κ3) is 6.01.